The third-order valence-electron chi connectivity index (χ3n) is 2.67. The Balaban J connectivity index is 2.16. The molecule has 2 heteroatoms. The number of likely N-dealkylation sites (N-methyl/N-ethyl adjacent to an activating group) is 1. The first-order valence-corrected chi connectivity index (χ1v) is 5.36. The molecule has 2 nitrogen and oxygen atoms in total. The zero-order chi connectivity index (χ0) is 9.68. The number of rotatable bonds is 7. The van der Waals surface area contributed by atoms with E-state index >= 15 is 0 Å². The Bertz CT molecular complexity index is 152. The number of nitrogens with zero attached hydrogens (tertiary/aromatic N) is 1. The van der Waals surface area contributed by atoms with Crippen molar-refractivity contribution in [1.29, 1.82) is 0 Å². The molecule has 0 saturated heterocycles. The fraction of sp³-hybridized carbons (Fsp3) is 0.818. The van der Waals surface area contributed by atoms with Crippen LogP contribution >= 0.6 is 0 Å². The number of nitrogens with one attached hydrogen (secondary N) is 1. The summed E-state index contributed by atoms with van der Waals surface area (Å²) in [5.41, 5.74) is 0. The van der Waals surface area contributed by atoms with Crippen LogP contribution in [0.1, 0.15) is 26.7 Å². The average molecular weight is 182 g/mol. The van der Waals surface area contributed by atoms with E-state index in [4.69, 9.17) is 0 Å². The van der Waals surface area contributed by atoms with Gasteiger partial charge in [0, 0.05) is 25.2 Å². The van der Waals surface area contributed by atoms with Gasteiger partial charge >= 0.3 is 0 Å². The maximum atomic E-state index is 3.78. The van der Waals surface area contributed by atoms with Gasteiger partial charge in [-0.05, 0) is 26.3 Å². The summed E-state index contributed by atoms with van der Waals surface area (Å²) in [7, 11) is 0. The minimum Gasteiger partial charge on any atom is -0.312 e. The molecule has 1 N–H and O–H groups in total. The fourth-order valence-electron chi connectivity index (χ4n) is 1.54. The summed E-state index contributed by atoms with van der Waals surface area (Å²) < 4.78 is 0. The highest BCUT2D eigenvalue weighted by atomic mass is 15.2. The normalized spacial score (nSPS) is 19.0. The van der Waals surface area contributed by atoms with Crippen LogP contribution in [0.2, 0.25) is 0 Å². The molecule has 1 fully saturated rings. The number of hydrogen-bond donors (Lipinski definition) is 1. The van der Waals surface area contributed by atoms with Gasteiger partial charge in [-0.15, -0.1) is 6.58 Å². The summed E-state index contributed by atoms with van der Waals surface area (Å²) in [6.07, 6.45) is 4.73. The fourth-order valence-corrected chi connectivity index (χ4v) is 1.54. The molecule has 1 aliphatic rings. The lowest BCUT2D eigenvalue weighted by atomic mass is 10.2. The van der Waals surface area contributed by atoms with Gasteiger partial charge in [-0.1, -0.05) is 13.0 Å². The Hall–Kier alpha value is -0.340. The maximum Gasteiger partial charge on any atom is 0.0195 e. The smallest absolute Gasteiger partial charge is 0.0195 e. The Morgan fingerprint density at radius 2 is 2.31 bits per heavy atom. The Labute approximate surface area is 82.0 Å². The molecule has 0 radical (unpaired) electrons. The molecule has 13 heavy (non-hydrogen) atoms. The molecular weight excluding hydrogens is 160 g/mol. The summed E-state index contributed by atoms with van der Waals surface area (Å²) in [6, 6.07) is 1.45. The van der Waals surface area contributed by atoms with Crippen molar-refractivity contribution in [2.75, 3.05) is 19.6 Å². The van der Waals surface area contributed by atoms with E-state index in [9.17, 15) is 0 Å². The molecule has 76 valence electrons. The molecular formula is C11H22N2. The molecule has 0 spiro atoms. The van der Waals surface area contributed by atoms with Gasteiger partial charge in [0.25, 0.3) is 0 Å². The van der Waals surface area contributed by atoms with E-state index < -0.39 is 0 Å². The quantitative estimate of drug-likeness (QED) is 0.602. The van der Waals surface area contributed by atoms with Crippen LogP contribution < -0.4 is 5.32 Å². The van der Waals surface area contributed by atoms with Crippen molar-refractivity contribution in [1.82, 2.24) is 10.2 Å². The van der Waals surface area contributed by atoms with E-state index in [1.165, 1.54) is 12.8 Å². The van der Waals surface area contributed by atoms with E-state index in [0.29, 0.717) is 6.04 Å². The van der Waals surface area contributed by atoms with Crippen LogP contribution in [0.3, 0.4) is 0 Å². The zero-order valence-electron chi connectivity index (χ0n) is 8.92. The molecule has 1 atom stereocenters. The molecule has 1 unspecified atom stereocenters. The highest BCUT2D eigenvalue weighted by Gasteiger charge is 2.21. The average Bonchev–Trinajstić information content (AvgIpc) is 2.93. The van der Waals surface area contributed by atoms with Crippen molar-refractivity contribution in [2.24, 2.45) is 0 Å². The molecule has 1 aliphatic carbocycles. The lowest BCUT2D eigenvalue weighted by Gasteiger charge is -2.26. The van der Waals surface area contributed by atoms with E-state index in [1.54, 1.807) is 0 Å². The zero-order valence-corrected chi connectivity index (χ0v) is 8.92. The molecule has 0 aromatic rings. The van der Waals surface area contributed by atoms with Gasteiger partial charge in [-0.3, -0.25) is 4.90 Å². The van der Waals surface area contributed by atoms with E-state index in [0.717, 1.165) is 25.7 Å². The van der Waals surface area contributed by atoms with Crippen molar-refractivity contribution in [3.05, 3.63) is 12.7 Å². The van der Waals surface area contributed by atoms with Crippen molar-refractivity contribution < 1.29 is 0 Å². The largest absolute Gasteiger partial charge is 0.312 e. The first-order chi connectivity index (χ1) is 6.27. The van der Waals surface area contributed by atoms with Gasteiger partial charge < -0.3 is 5.32 Å². The second kappa shape index (κ2) is 5.40. The van der Waals surface area contributed by atoms with Crippen LogP contribution in [0.15, 0.2) is 12.7 Å². The predicted octanol–water partition coefficient (Wildman–Crippen LogP) is 1.63. The van der Waals surface area contributed by atoms with Gasteiger partial charge in [0.05, 0.1) is 0 Å². The molecule has 0 heterocycles. The Morgan fingerprint density at radius 1 is 1.62 bits per heavy atom. The highest BCUT2D eigenvalue weighted by Crippen LogP contribution is 2.18. The molecule has 0 aliphatic heterocycles. The first kappa shape index (κ1) is 10.7. The maximum absolute atomic E-state index is 3.78. The first-order valence-electron chi connectivity index (χ1n) is 5.36. The van der Waals surface area contributed by atoms with E-state index in [2.05, 4.69) is 30.6 Å². The molecule has 0 bridgehead atoms. The van der Waals surface area contributed by atoms with Crippen molar-refractivity contribution in [2.45, 2.75) is 38.8 Å². The second-order valence-electron chi connectivity index (χ2n) is 3.91. The molecule has 1 saturated carbocycles. The predicted molar refractivity (Wildman–Crippen MR) is 57.9 cm³/mol. The summed E-state index contributed by atoms with van der Waals surface area (Å²) in [4.78, 5) is 2.43. The van der Waals surface area contributed by atoms with Crippen LogP contribution in [0, 0.1) is 0 Å². The third-order valence-corrected chi connectivity index (χ3v) is 2.67. The Morgan fingerprint density at radius 3 is 2.77 bits per heavy atom. The lowest BCUT2D eigenvalue weighted by Crippen LogP contribution is -2.40. The van der Waals surface area contributed by atoms with Gasteiger partial charge in [-0.25, -0.2) is 0 Å². The summed E-state index contributed by atoms with van der Waals surface area (Å²) >= 11 is 0. The molecule has 0 amide bonds. The van der Waals surface area contributed by atoms with Crippen LogP contribution in [0.4, 0.5) is 0 Å². The highest BCUT2D eigenvalue weighted by molar-refractivity contribution is 4.84. The van der Waals surface area contributed by atoms with E-state index in [-0.39, 0.29) is 0 Å². The molecule has 0 aromatic heterocycles. The van der Waals surface area contributed by atoms with Crippen LogP contribution in [-0.2, 0) is 0 Å². The summed E-state index contributed by atoms with van der Waals surface area (Å²) in [6.45, 7) is 11.5. The lowest BCUT2D eigenvalue weighted by molar-refractivity contribution is 0.237. The van der Waals surface area contributed by atoms with Crippen molar-refractivity contribution in [3.8, 4) is 0 Å². The standard InChI is InChI=1S/C11H22N2/c1-4-8-13(5-2)10(3)9-12-11-6-7-11/h4,10-12H,1,5-9H2,2-3H3. The van der Waals surface area contributed by atoms with Gasteiger partial charge in [-0.2, -0.15) is 0 Å². The van der Waals surface area contributed by atoms with E-state index in [1.807, 2.05) is 6.08 Å². The molecule has 0 aromatic carbocycles. The van der Waals surface area contributed by atoms with Crippen LogP contribution in [0.25, 0.3) is 0 Å². The second-order valence-corrected chi connectivity index (χ2v) is 3.91. The SMILES string of the molecule is C=CCN(CC)C(C)CNC1CC1. The minimum absolute atomic E-state index is 0.628. The summed E-state index contributed by atoms with van der Waals surface area (Å²) in [5, 5.41) is 3.55. The monoisotopic (exact) mass is 182 g/mol. The molecule has 1 rings (SSSR count). The Kier molecular flexibility index (Phi) is 4.46. The van der Waals surface area contributed by atoms with Crippen molar-refractivity contribution in [3.63, 3.8) is 0 Å². The van der Waals surface area contributed by atoms with Crippen LogP contribution in [-0.4, -0.2) is 36.6 Å². The van der Waals surface area contributed by atoms with Crippen molar-refractivity contribution >= 4 is 0 Å². The van der Waals surface area contributed by atoms with Gasteiger partial charge in [0.15, 0.2) is 0 Å². The topological polar surface area (TPSA) is 15.3 Å². The van der Waals surface area contributed by atoms with Gasteiger partial charge in [0.1, 0.15) is 0 Å². The summed E-state index contributed by atoms with van der Waals surface area (Å²) in [5.74, 6) is 0. The number of hydrogen-bond acceptors (Lipinski definition) is 2. The van der Waals surface area contributed by atoms with Crippen LogP contribution in [0.5, 0.6) is 0 Å². The third kappa shape index (κ3) is 3.92. The minimum atomic E-state index is 0.628. The van der Waals surface area contributed by atoms with Gasteiger partial charge in [0.2, 0.25) is 0 Å².